The van der Waals surface area contributed by atoms with E-state index in [9.17, 15) is 0 Å². The lowest BCUT2D eigenvalue weighted by Gasteiger charge is -2.00. The lowest BCUT2D eigenvalue weighted by Crippen LogP contribution is -2.14. The Hall–Kier alpha value is -0.960. The van der Waals surface area contributed by atoms with Gasteiger partial charge in [0.25, 0.3) is 0 Å². The third kappa shape index (κ3) is 3.99. The van der Waals surface area contributed by atoms with E-state index in [2.05, 4.69) is 17.1 Å². The van der Waals surface area contributed by atoms with Crippen molar-refractivity contribution in [2.24, 2.45) is 10.7 Å². The summed E-state index contributed by atoms with van der Waals surface area (Å²) in [5, 5.41) is 0. The maximum absolute atomic E-state index is 5.66. The second-order valence-corrected chi connectivity index (χ2v) is 3.62. The monoisotopic (exact) mass is 194 g/mol. The molecule has 0 aliphatic heterocycles. The zero-order valence-corrected chi connectivity index (χ0v) is 8.55. The standard InChI is InChI=1S/C10H14N2S/c1-2-12-10(11)8-13-9-6-4-3-5-7-9/h3-7H,2,8H2,1H3,(H2,11,12). The molecule has 13 heavy (non-hydrogen) atoms. The number of thioether (sulfide) groups is 1. The van der Waals surface area contributed by atoms with Gasteiger partial charge in [0.2, 0.25) is 0 Å². The number of nitrogens with two attached hydrogens (primary N) is 1. The van der Waals surface area contributed by atoms with E-state index in [1.54, 1.807) is 11.8 Å². The largest absolute Gasteiger partial charge is 0.387 e. The third-order valence-corrected chi connectivity index (χ3v) is 2.54. The van der Waals surface area contributed by atoms with Crippen LogP contribution in [0.5, 0.6) is 0 Å². The number of hydrogen-bond donors (Lipinski definition) is 1. The lowest BCUT2D eigenvalue weighted by atomic mass is 10.4. The Balaban J connectivity index is 2.39. The topological polar surface area (TPSA) is 38.4 Å². The van der Waals surface area contributed by atoms with Crippen molar-refractivity contribution >= 4 is 17.6 Å². The van der Waals surface area contributed by atoms with Gasteiger partial charge in [0.05, 0.1) is 5.75 Å². The molecule has 0 radical (unpaired) electrons. The van der Waals surface area contributed by atoms with Gasteiger partial charge in [0.15, 0.2) is 0 Å². The fourth-order valence-corrected chi connectivity index (χ4v) is 1.68. The first kappa shape index (κ1) is 10.1. The fourth-order valence-electron chi connectivity index (χ4n) is 0.923. The Kier molecular flexibility index (Phi) is 4.40. The number of benzene rings is 1. The van der Waals surface area contributed by atoms with Crippen LogP contribution in [-0.2, 0) is 0 Å². The second-order valence-electron chi connectivity index (χ2n) is 2.57. The van der Waals surface area contributed by atoms with E-state index >= 15 is 0 Å². The molecule has 1 rings (SSSR count). The summed E-state index contributed by atoms with van der Waals surface area (Å²) in [6, 6.07) is 10.2. The molecule has 0 bridgehead atoms. The van der Waals surface area contributed by atoms with Gasteiger partial charge in [-0.15, -0.1) is 11.8 Å². The molecule has 0 unspecified atom stereocenters. The van der Waals surface area contributed by atoms with Crippen LogP contribution >= 0.6 is 11.8 Å². The molecule has 0 fully saturated rings. The first-order valence-electron chi connectivity index (χ1n) is 4.29. The highest BCUT2D eigenvalue weighted by Gasteiger charge is 1.94. The normalized spacial score (nSPS) is 11.6. The first-order valence-corrected chi connectivity index (χ1v) is 5.28. The molecule has 0 aliphatic rings. The number of amidine groups is 1. The molecule has 1 aromatic carbocycles. The summed E-state index contributed by atoms with van der Waals surface area (Å²) >= 11 is 1.71. The van der Waals surface area contributed by atoms with E-state index in [1.165, 1.54) is 4.90 Å². The summed E-state index contributed by atoms with van der Waals surface area (Å²) in [4.78, 5) is 5.35. The minimum atomic E-state index is 0.719. The van der Waals surface area contributed by atoms with Crippen LogP contribution in [0.3, 0.4) is 0 Å². The molecule has 0 atom stereocenters. The summed E-state index contributed by atoms with van der Waals surface area (Å²) in [7, 11) is 0. The molecule has 0 saturated carbocycles. The number of nitrogens with zero attached hydrogens (tertiary/aromatic N) is 1. The Morgan fingerprint density at radius 2 is 2.08 bits per heavy atom. The summed E-state index contributed by atoms with van der Waals surface area (Å²) < 4.78 is 0. The maximum Gasteiger partial charge on any atom is 0.104 e. The van der Waals surface area contributed by atoms with Gasteiger partial charge in [-0.1, -0.05) is 18.2 Å². The van der Waals surface area contributed by atoms with Crippen LogP contribution in [0.25, 0.3) is 0 Å². The minimum Gasteiger partial charge on any atom is -0.387 e. The average molecular weight is 194 g/mol. The molecule has 0 aliphatic carbocycles. The van der Waals surface area contributed by atoms with Crippen LogP contribution < -0.4 is 5.73 Å². The van der Waals surface area contributed by atoms with Gasteiger partial charge in [-0.3, -0.25) is 4.99 Å². The third-order valence-electron chi connectivity index (χ3n) is 1.49. The highest BCUT2D eigenvalue weighted by Crippen LogP contribution is 2.15. The zero-order chi connectivity index (χ0) is 9.52. The molecule has 0 spiro atoms. The predicted molar refractivity (Wildman–Crippen MR) is 59.3 cm³/mol. The highest BCUT2D eigenvalue weighted by atomic mass is 32.2. The van der Waals surface area contributed by atoms with Crippen molar-refractivity contribution in [2.75, 3.05) is 12.3 Å². The van der Waals surface area contributed by atoms with Gasteiger partial charge < -0.3 is 5.73 Å². The SMILES string of the molecule is CCN=C(N)CSc1ccccc1. The van der Waals surface area contributed by atoms with Gasteiger partial charge in [0.1, 0.15) is 5.84 Å². The highest BCUT2D eigenvalue weighted by molar-refractivity contribution is 8.00. The van der Waals surface area contributed by atoms with Crippen LogP contribution in [0.4, 0.5) is 0 Å². The van der Waals surface area contributed by atoms with Gasteiger partial charge in [-0.05, 0) is 19.1 Å². The van der Waals surface area contributed by atoms with Crippen molar-refractivity contribution in [1.29, 1.82) is 0 Å². The Labute approximate surface area is 83.2 Å². The quantitative estimate of drug-likeness (QED) is 0.453. The van der Waals surface area contributed by atoms with Crippen molar-refractivity contribution in [3.63, 3.8) is 0 Å². The Morgan fingerprint density at radius 3 is 2.69 bits per heavy atom. The minimum absolute atomic E-state index is 0.719. The van der Waals surface area contributed by atoms with E-state index in [-0.39, 0.29) is 0 Å². The zero-order valence-electron chi connectivity index (χ0n) is 7.73. The summed E-state index contributed by atoms with van der Waals surface area (Å²) in [6.45, 7) is 2.75. The van der Waals surface area contributed by atoms with E-state index in [0.717, 1.165) is 18.1 Å². The molecule has 2 N–H and O–H groups in total. The Bertz CT molecular complexity index is 270. The molecule has 0 amide bonds. The van der Waals surface area contributed by atoms with Crippen LogP contribution in [0, 0.1) is 0 Å². The van der Waals surface area contributed by atoms with Crippen LogP contribution in [0.15, 0.2) is 40.2 Å². The summed E-state index contributed by atoms with van der Waals surface area (Å²) in [5.41, 5.74) is 5.66. The summed E-state index contributed by atoms with van der Waals surface area (Å²) in [6.07, 6.45) is 0. The maximum atomic E-state index is 5.66. The molecule has 0 aromatic heterocycles. The van der Waals surface area contributed by atoms with E-state index in [1.807, 2.05) is 25.1 Å². The smallest absolute Gasteiger partial charge is 0.104 e. The molecular formula is C10H14N2S. The average Bonchev–Trinajstić information content (AvgIpc) is 2.17. The number of hydrogen-bond acceptors (Lipinski definition) is 2. The van der Waals surface area contributed by atoms with Crippen molar-refractivity contribution in [3.8, 4) is 0 Å². The van der Waals surface area contributed by atoms with E-state index < -0.39 is 0 Å². The van der Waals surface area contributed by atoms with E-state index in [0.29, 0.717) is 0 Å². The number of aliphatic imine (C=N–C) groups is 1. The molecule has 70 valence electrons. The molecule has 3 heteroatoms. The van der Waals surface area contributed by atoms with Crippen molar-refractivity contribution in [1.82, 2.24) is 0 Å². The van der Waals surface area contributed by atoms with Crippen LogP contribution in [-0.4, -0.2) is 18.1 Å². The van der Waals surface area contributed by atoms with Crippen LogP contribution in [0.2, 0.25) is 0 Å². The van der Waals surface area contributed by atoms with Crippen LogP contribution in [0.1, 0.15) is 6.92 Å². The Morgan fingerprint density at radius 1 is 1.38 bits per heavy atom. The van der Waals surface area contributed by atoms with E-state index in [4.69, 9.17) is 5.73 Å². The summed E-state index contributed by atoms with van der Waals surface area (Å²) in [5.74, 6) is 1.49. The second kappa shape index (κ2) is 5.65. The lowest BCUT2D eigenvalue weighted by molar-refractivity contribution is 1.12. The molecule has 0 heterocycles. The van der Waals surface area contributed by atoms with Gasteiger partial charge in [-0.25, -0.2) is 0 Å². The fraction of sp³-hybridized carbons (Fsp3) is 0.300. The van der Waals surface area contributed by atoms with Gasteiger partial charge >= 0.3 is 0 Å². The first-order chi connectivity index (χ1) is 6.33. The molecule has 0 saturated heterocycles. The van der Waals surface area contributed by atoms with Gasteiger partial charge in [0, 0.05) is 11.4 Å². The molecule has 2 nitrogen and oxygen atoms in total. The van der Waals surface area contributed by atoms with Crippen molar-refractivity contribution < 1.29 is 0 Å². The van der Waals surface area contributed by atoms with Crippen molar-refractivity contribution in [3.05, 3.63) is 30.3 Å². The number of rotatable bonds is 4. The molecular weight excluding hydrogens is 180 g/mol. The van der Waals surface area contributed by atoms with Crippen molar-refractivity contribution in [2.45, 2.75) is 11.8 Å². The molecule has 1 aromatic rings. The van der Waals surface area contributed by atoms with Gasteiger partial charge in [-0.2, -0.15) is 0 Å². The predicted octanol–water partition coefficient (Wildman–Crippen LogP) is 2.16.